The van der Waals surface area contributed by atoms with Gasteiger partial charge in [0.25, 0.3) is 0 Å². The number of aryl methyl sites for hydroxylation is 6. The molecule has 0 fully saturated rings. The third-order valence-corrected chi connectivity index (χ3v) is 4.14. The van der Waals surface area contributed by atoms with Crippen LogP contribution in [0.2, 0.25) is 0 Å². The van der Waals surface area contributed by atoms with Gasteiger partial charge in [0.15, 0.2) is 0 Å². The van der Waals surface area contributed by atoms with Gasteiger partial charge in [-0.15, -0.1) is 0 Å². The summed E-state index contributed by atoms with van der Waals surface area (Å²) in [7, 11) is 0. The van der Waals surface area contributed by atoms with E-state index in [9.17, 15) is 0 Å². The number of rotatable bonds is 0. The summed E-state index contributed by atoms with van der Waals surface area (Å²) in [5.74, 6) is 0. The van der Waals surface area contributed by atoms with Gasteiger partial charge in [-0.3, -0.25) is 4.98 Å². The Balaban J connectivity index is 0.000000156. The van der Waals surface area contributed by atoms with Crippen LogP contribution in [-0.4, -0.2) is 15.2 Å². The summed E-state index contributed by atoms with van der Waals surface area (Å²) >= 11 is 0. The van der Waals surface area contributed by atoms with E-state index in [1.807, 2.05) is 52.1 Å². The topological polar surface area (TPSA) is 38.7 Å². The number of benzene rings is 2. The molecule has 0 aliphatic carbocycles. The van der Waals surface area contributed by atoms with E-state index in [0.717, 1.165) is 17.1 Å². The number of hydrogen-bond acceptors (Lipinski definition) is 3. The third-order valence-electron chi connectivity index (χ3n) is 4.14. The summed E-state index contributed by atoms with van der Waals surface area (Å²) in [6.07, 6.45) is 1.87. The van der Waals surface area contributed by atoms with Gasteiger partial charge in [0.2, 0.25) is 0 Å². The molecule has 0 atom stereocenters. The van der Waals surface area contributed by atoms with Crippen LogP contribution in [0.5, 0.6) is 0 Å². The zero-order valence-electron chi connectivity index (χ0n) is 17.7. The van der Waals surface area contributed by atoms with Crippen LogP contribution in [0, 0.1) is 41.5 Å². The van der Waals surface area contributed by atoms with Crippen LogP contribution in [0.3, 0.4) is 0 Å². The van der Waals surface area contributed by atoms with E-state index in [0.29, 0.717) is 0 Å². The van der Waals surface area contributed by atoms with Gasteiger partial charge in [-0.25, -0.2) is 0 Å². The molecule has 2 aromatic carbocycles. The van der Waals surface area contributed by atoms with Crippen LogP contribution in [0.1, 0.15) is 33.8 Å². The monoisotopic (exact) mass is 371 g/mol. The van der Waals surface area contributed by atoms with Gasteiger partial charge in [-0.1, -0.05) is 53.6 Å². The van der Waals surface area contributed by atoms with Crippen molar-refractivity contribution >= 4 is 10.8 Å². The van der Waals surface area contributed by atoms with Crippen LogP contribution in [0.25, 0.3) is 10.8 Å². The van der Waals surface area contributed by atoms with Crippen molar-refractivity contribution in [2.75, 3.05) is 0 Å². The zero-order valence-corrected chi connectivity index (χ0v) is 17.7. The van der Waals surface area contributed by atoms with Gasteiger partial charge in [0, 0.05) is 11.9 Å². The molecule has 28 heavy (non-hydrogen) atoms. The molecule has 0 saturated carbocycles. The standard InChI is InChI=1S/C12H12.C7H9N.C6H8N2/c1-9-3-5-12-8-10(2)4-6-11(12)7-9;1-6-3-4-7(2)8-5-6;1-5-3-4-6(2)8-7-5/h3-8H,1-2H3;3-5H,1-2H3;3-4H,1-2H3. The third kappa shape index (κ3) is 7.28. The number of pyridine rings is 1. The molecule has 0 amide bonds. The minimum absolute atomic E-state index is 0.968. The summed E-state index contributed by atoms with van der Waals surface area (Å²) in [4.78, 5) is 4.08. The lowest BCUT2D eigenvalue weighted by Crippen LogP contribution is -1.86. The average molecular weight is 372 g/mol. The lowest BCUT2D eigenvalue weighted by Gasteiger charge is -1.99. The van der Waals surface area contributed by atoms with Gasteiger partial charge in [-0.05, 0) is 76.1 Å². The first-order valence-electron chi connectivity index (χ1n) is 9.47. The van der Waals surface area contributed by atoms with Gasteiger partial charge in [-0.2, -0.15) is 10.2 Å². The highest BCUT2D eigenvalue weighted by molar-refractivity contribution is 5.83. The zero-order chi connectivity index (χ0) is 20.5. The minimum Gasteiger partial charge on any atom is -0.261 e. The molecule has 0 aliphatic rings. The Bertz CT molecular complexity index is 877. The van der Waals surface area contributed by atoms with Crippen LogP contribution in [0.4, 0.5) is 0 Å². The van der Waals surface area contributed by atoms with E-state index >= 15 is 0 Å². The molecule has 0 unspecified atom stereocenters. The summed E-state index contributed by atoms with van der Waals surface area (Å²) in [5.41, 5.74) is 6.88. The van der Waals surface area contributed by atoms with E-state index in [1.165, 1.54) is 27.5 Å². The maximum Gasteiger partial charge on any atom is 0.0600 e. The fourth-order valence-corrected chi connectivity index (χ4v) is 2.49. The molecule has 0 spiro atoms. The second-order valence-electron chi connectivity index (χ2n) is 7.15. The van der Waals surface area contributed by atoms with Crippen molar-refractivity contribution in [1.82, 2.24) is 15.2 Å². The Morgan fingerprint density at radius 3 is 1.25 bits per heavy atom. The van der Waals surface area contributed by atoms with Gasteiger partial charge < -0.3 is 0 Å². The highest BCUT2D eigenvalue weighted by Gasteiger charge is 1.92. The van der Waals surface area contributed by atoms with Crippen molar-refractivity contribution < 1.29 is 0 Å². The van der Waals surface area contributed by atoms with Crippen molar-refractivity contribution in [3.8, 4) is 0 Å². The first-order valence-corrected chi connectivity index (χ1v) is 9.47. The van der Waals surface area contributed by atoms with Crippen molar-refractivity contribution in [2.24, 2.45) is 0 Å². The summed E-state index contributed by atoms with van der Waals surface area (Å²) in [6.45, 7) is 12.1. The normalized spacial score (nSPS) is 9.79. The molecule has 0 radical (unpaired) electrons. The molecule has 3 nitrogen and oxygen atoms in total. The Hall–Kier alpha value is -3.07. The van der Waals surface area contributed by atoms with E-state index in [1.54, 1.807) is 0 Å². The fourth-order valence-electron chi connectivity index (χ4n) is 2.49. The maximum absolute atomic E-state index is 4.08. The molecule has 0 N–H and O–H groups in total. The average Bonchev–Trinajstić information content (AvgIpc) is 2.68. The Labute approximate surface area is 168 Å². The molecular formula is C25H29N3. The Kier molecular flexibility index (Phi) is 7.82. The molecular weight excluding hydrogens is 342 g/mol. The molecule has 4 rings (SSSR count). The van der Waals surface area contributed by atoms with E-state index in [-0.39, 0.29) is 0 Å². The predicted octanol–water partition coefficient (Wildman–Crippen LogP) is 6.25. The summed E-state index contributed by atoms with van der Waals surface area (Å²) in [5, 5.41) is 10.3. The van der Waals surface area contributed by atoms with Gasteiger partial charge in [0.1, 0.15) is 0 Å². The first-order chi connectivity index (χ1) is 13.3. The maximum atomic E-state index is 4.08. The molecule has 0 aliphatic heterocycles. The fraction of sp³-hybridized carbons (Fsp3) is 0.240. The Morgan fingerprint density at radius 1 is 0.464 bits per heavy atom. The van der Waals surface area contributed by atoms with Crippen LogP contribution >= 0.6 is 0 Å². The molecule has 3 heteroatoms. The quantitative estimate of drug-likeness (QED) is 0.367. The van der Waals surface area contributed by atoms with E-state index in [4.69, 9.17) is 0 Å². The summed E-state index contributed by atoms with van der Waals surface area (Å²) < 4.78 is 0. The number of hydrogen-bond donors (Lipinski definition) is 0. The smallest absolute Gasteiger partial charge is 0.0600 e. The molecule has 2 aromatic heterocycles. The number of fused-ring (bicyclic) bond motifs is 1. The largest absolute Gasteiger partial charge is 0.261 e. The van der Waals surface area contributed by atoms with Crippen LogP contribution < -0.4 is 0 Å². The molecule has 144 valence electrons. The lowest BCUT2D eigenvalue weighted by atomic mass is 10.1. The molecule has 0 bridgehead atoms. The van der Waals surface area contributed by atoms with Crippen molar-refractivity contribution in [3.05, 3.63) is 101 Å². The first kappa shape index (κ1) is 21.2. The van der Waals surface area contributed by atoms with E-state index in [2.05, 4.69) is 71.5 Å². The second-order valence-corrected chi connectivity index (χ2v) is 7.15. The molecule has 2 heterocycles. The van der Waals surface area contributed by atoms with Gasteiger partial charge in [0.05, 0.1) is 11.4 Å². The lowest BCUT2D eigenvalue weighted by molar-refractivity contribution is 0.941. The van der Waals surface area contributed by atoms with E-state index < -0.39 is 0 Å². The van der Waals surface area contributed by atoms with Crippen LogP contribution in [-0.2, 0) is 0 Å². The van der Waals surface area contributed by atoms with Gasteiger partial charge >= 0.3 is 0 Å². The SMILES string of the molecule is Cc1ccc(C)nc1.Cc1ccc(C)nn1.Cc1ccc2cc(C)ccc2c1. The molecule has 4 aromatic rings. The second kappa shape index (κ2) is 10.3. The number of aromatic nitrogens is 3. The highest BCUT2D eigenvalue weighted by Crippen LogP contribution is 2.16. The Morgan fingerprint density at radius 2 is 0.893 bits per heavy atom. The summed E-state index contributed by atoms with van der Waals surface area (Å²) in [6, 6.07) is 21.1. The van der Waals surface area contributed by atoms with Crippen molar-refractivity contribution in [2.45, 2.75) is 41.5 Å². The number of nitrogens with zero attached hydrogens (tertiary/aromatic N) is 3. The van der Waals surface area contributed by atoms with Crippen molar-refractivity contribution in [1.29, 1.82) is 0 Å². The minimum atomic E-state index is 0.968. The highest BCUT2D eigenvalue weighted by atomic mass is 15.1. The van der Waals surface area contributed by atoms with Crippen LogP contribution in [0.15, 0.2) is 66.9 Å². The predicted molar refractivity (Wildman–Crippen MR) is 119 cm³/mol. The van der Waals surface area contributed by atoms with Crippen molar-refractivity contribution in [3.63, 3.8) is 0 Å². The molecule has 0 saturated heterocycles.